The average Bonchev–Trinajstić information content (AvgIpc) is 2.97. The van der Waals surface area contributed by atoms with Crippen LogP contribution in [0, 0.1) is 6.92 Å². The minimum absolute atomic E-state index is 0.794. The molecule has 0 unspecified atom stereocenters. The lowest BCUT2D eigenvalue weighted by atomic mass is 10.1. The lowest BCUT2D eigenvalue weighted by Gasteiger charge is -2.00. The van der Waals surface area contributed by atoms with E-state index in [1.807, 2.05) is 12.1 Å². The largest absolute Gasteiger partial charge is 0.263 e. The van der Waals surface area contributed by atoms with E-state index in [1.165, 1.54) is 11.1 Å². The van der Waals surface area contributed by atoms with Crippen molar-refractivity contribution in [2.75, 3.05) is 0 Å². The van der Waals surface area contributed by atoms with E-state index in [4.69, 9.17) is 0 Å². The number of aromatic amines is 1. The van der Waals surface area contributed by atoms with Gasteiger partial charge in [0.25, 0.3) is 0 Å². The Labute approximate surface area is 125 Å². The van der Waals surface area contributed by atoms with Crippen LogP contribution in [0.4, 0.5) is 0 Å². The molecule has 0 atom stereocenters. The number of rotatable bonds is 5. The van der Waals surface area contributed by atoms with Crippen molar-refractivity contribution in [2.45, 2.75) is 26.2 Å². The van der Waals surface area contributed by atoms with Crippen LogP contribution in [0.5, 0.6) is 0 Å². The van der Waals surface area contributed by atoms with Gasteiger partial charge < -0.3 is 0 Å². The molecule has 0 aliphatic carbocycles. The molecule has 0 amide bonds. The maximum atomic E-state index is 4.61. The molecule has 3 rings (SSSR count). The Hall–Kier alpha value is -2.42. The topological polar surface area (TPSA) is 41.6 Å². The zero-order valence-corrected chi connectivity index (χ0v) is 12.2. The highest BCUT2D eigenvalue weighted by Gasteiger charge is 2.07. The van der Waals surface area contributed by atoms with Gasteiger partial charge in [0.15, 0.2) is 5.82 Å². The van der Waals surface area contributed by atoms with E-state index in [-0.39, 0.29) is 0 Å². The standard InChI is InChI=1S/C18H19N3/c1-14-8-5-6-12-16(14)18-19-17(20-21-18)13-7-11-15-9-3-2-4-10-15/h2-6,8-10,12H,7,11,13H2,1H3,(H,19,20,21). The predicted octanol–water partition coefficient (Wildman–Crippen LogP) is 3.96. The van der Waals surface area contributed by atoms with Crippen molar-refractivity contribution in [3.63, 3.8) is 0 Å². The molecule has 1 heterocycles. The van der Waals surface area contributed by atoms with Gasteiger partial charge in [0.1, 0.15) is 5.82 Å². The molecular weight excluding hydrogens is 258 g/mol. The first-order valence-electron chi connectivity index (χ1n) is 7.34. The Morgan fingerprint density at radius 1 is 0.905 bits per heavy atom. The molecule has 0 spiro atoms. The third-order valence-electron chi connectivity index (χ3n) is 3.64. The zero-order chi connectivity index (χ0) is 14.5. The van der Waals surface area contributed by atoms with E-state index in [0.717, 1.165) is 36.5 Å². The minimum Gasteiger partial charge on any atom is -0.263 e. The molecule has 0 bridgehead atoms. The Morgan fingerprint density at radius 3 is 2.48 bits per heavy atom. The van der Waals surface area contributed by atoms with Gasteiger partial charge in [-0.05, 0) is 30.9 Å². The summed E-state index contributed by atoms with van der Waals surface area (Å²) in [6, 6.07) is 18.7. The maximum absolute atomic E-state index is 4.61. The van der Waals surface area contributed by atoms with Crippen LogP contribution in [0.3, 0.4) is 0 Å². The summed E-state index contributed by atoms with van der Waals surface area (Å²) in [5, 5.41) is 7.39. The van der Waals surface area contributed by atoms with Crippen molar-refractivity contribution >= 4 is 0 Å². The molecule has 3 heteroatoms. The second kappa shape index (κ2) is 6.35. The van der Waals surface area contributed by atoms with Crippen molar-refractivity contribution in [3.8, 4) is 11.4 Å². The lowest BCUT2D eigenvalue weighted by molar-refractivity contribution is 0.775. The first kappa shape index (κ1) is 13.6. The molecular formula is C18H19N3. The van der Waals surface area contributed by atoms with Crippen LogP contribution in [0.25, 0.3) is 11.4 Å². The van der Waals surface area contributed by atoms with Gasteiger partial charge in [-0.3, -0.25) is 5.10 Å². The first-order chi connectivity index (χ1) is 10.3. The third-order valence-corrected chi connectivity index (χ3v) is 3.64. The highest BCUT2D eigenvalue weighted by Crippen LogP contribution is 2.19. The Bertz CT molecular complexity index is 701. The van der Waals surface area contributed by atoms with Crippen LogP contribution < -0.4 is 0 Å². The molecule has 1 aromatic heterocycles. The monoisotopic (exact) mass is 277 g/mol. The molecule has 0 fully saturated rings. The van der Waals surface area contributed by atoms with Crippen LogP contribution in [0.15, 0.2) is 54.6 Å². The number of aromatic nitrogens is 3. The summed E-state index contributed by atoms with van der Waals surface area (Å²) in [4.78, 5) is 4.61. The van der Waals surface area contributed by atoms with Crippen LogP contribution >= 0.6 is 0 Å². The number of aryl methyl sites for hydroxylation is 3. The Kier molecular flexibility index (Phi) is 4.10. The summed E-state index contributed by atoms with van der Waals surface area (Å²) in [5.74, 6) is 1.76. The molecule has 21 heavy (non-hydrogen) atoms. The summed E-state index contributed by atoms with van der Waals surface area (Å²) < 4.78 is 0. The van der Waals surface area contributed by atoms with Crippen molar-refractivity contribution < 1.29 is 0 Å². The Morgan fingerprint density at radius 2 is 1.67 bits per heavy atom. The predicted molar refractivity (Wildman–Crippen MR) is 85.0 cm³/mol. The smallest absolute Gasteiger partial charge is 0.181 e. The molecule has 0 saturated heterocycles. The number of H-pyrrole nitrogens is 1. The fourth-order valence-corrected chi connectivity index (χ4v) is 2.46. The van der Waals surface area contributed by atoms with E-state index in [9.17, 15) is 0 Å². The van der Waals surface area contributed by atoms with Gasteiger partial charge in [0.2, 0.25) is 0 Å². The van der Waals surface area contributed by atoms with E-state index in [0.29, 0.717) is 0 Å². The zero-order valence-electron chi connectivity index (χ0n) is 12.2. The van der Waals surface area contributed by atoms with Gasteiger partial charge in [0, 0.05) is 12.0 Å². The lowest BCUT2D eigenvalue weighted by Crippen LogP contribution is -1.92. The molecule has 2 aromatic carbocycles. The summed E-state index contributed by atoms with van der Waals surface area (Å²) in [6.07, 6.45) is 3.07. The summed E-state index contributed by atoms with van der Waals surface area (Å²) in [7, 11) is 0. The quantitative estimate of drug-likeness (QED) is 0.767. The normalized spacial score (nSPS) is 10.7. The molecule has 0 saturated carbocycles. The maximum Gasteiger partial charge on any atom is 0.181 e. The van der Waals surface area contributed by atoms with Gasteiger partial charge in [-0.15, -0.1) is 0 Å². The molecule has 106 valence electrons. The molecule has 1 N–H and O–H groups in total. The molecule has 0 aliphatic heterocycles. The molecule has 3 aromatic rings. The molecule has 0 radical (unpaired) electrons. The summed E-state index contributed by atoms with van der Waals surface area (Å²) in [6.45, 7) is 2.08. The second-order valence-electron chi connectivity index (χ2n) is 5.26. The fourth-order valence-electron chi connectivity index (χ4n) is 2.46. The summed E-state index contributed by atoms with van der Waals surface area (Å²) >= 11 is 0. The fraction of sp³-hybridized carbons (Fsp3) is 0.222. The van der Waals surface area contributed by atoms with Crippen molar-refractivity contribution in [3.05, 3.63) is 71.5 Å². The van der Waals surface area contributed by atoms with Gasteiger partial charge in [0.05, 0.1) is 0 Å². The number of hydrogen-bond donors (Lipinski definition) is 1. The van der Waals surface area contributed by atoms with E-state index < -0.39 is 0 Å². The van der Waals surface area contributed by atoms with Crippen LogP contribution in [-0.2, 0) is 12.8 Å². The number of nitrogens with zero attached hydrogens (tertiary/aromatic N) is 2. The highest BCUT2D eigenvalue weighted by atomic mass is 15.2. The van der Waals surface area contributed by atoms with E-state index in [2.05, 4.69) is 64.6 Å². The summed E-state index contributed by atoms with van der Waals surface area (Å²) in [5.41, 5.74) is 3.67. The van der Waals surface area contributed by atoms with Crippen molar-refractivity contribution in [1.82, 2.24) is 15.2 Å². The van der Waals surface area contributed by atoms with Gasteiger partial charge in [-0.2, -0.15) is 5.10 Å². The van der Waals surface area contributed by atoms with Gasteiger partial charge in [-0.1, -0.05) is 54.6 Å². The van der Waals surface area contributed by atoms with E-state index in [1.54, 1.807) is 0 Å². The van der Waals surface area contributed by atoms with Crippen LogP contribution in [-0.4, -0.2) is 15.2 Å². The highest BCUT2D eigenvalue weighted by molar-refractivity contribution is 5.59. The van der Waals surface area contributed by atoms with Crippen molar-refractivity contribution in [2.24, 2.45) is 0 Å². The minimum atomic E-state index is 0.794. The number of nitrogens with one attached hydrogen (secondary N) is 1. The Balaban J connectivity index is 1.62. The van der Waals surface area contributed by atoms with Crippen molar-refractivity contribution in [1.29, 1.82) is 0 Å². The second-order valence-corrected chi connectivity index (χ2v) is 5.26. The first-order valence-corrected chi connectivity index (χ1v) is 7.34. The van der Waals surface area contributed by atoms with Crippen LogP contribution in [0.2, 0.25) is 0 Å². The average molecular weight is 277 g/mol. The third kappa shape index (κ3) is 3.37. The molecule has 3 nitrogen and oxygen atoms in total. The SMILES string of the molecule is Cc1ccccc1-c1n[nH]c(CCCc2ccccc2)n1. The number of hydrogen-bond acceptors (Lipinski definition) is 2. The molecule has 0 aliphatic rings. The van der Waals surface area contributed by atoms with E-state index >= 15 is 0 Å². The van der Waals surface area contributed by atoms with Gasteiger partial charge in [-0.25, -0.2) is 4.98 Å². The number of benzene rings is 2. The van der Waals surface area contributed by atoms with Gasteiger partial charge >= 0.3 is 0 Å². The van der Waals surface area contributed by atoms with Crippen LogP contribution in [0.1, 0.15) is 23.4 Å².